The third-order valence-corrected chi connectivity index (χ3v) is 4.48. The SMILES string of the molecule is CCC[C@H](C)NC(=O)[C@H]1CC(=O)N(c2ccc(C)c(Cl)c2)C1. The van der Waals surface area contributed by atoms with Gasteiger partial charge in [0.25, 0.3) is 0 Å². The van der Waals surface area contributed by atoms with E-state index in [0.29, 0.717) is 11.6 Å². The van der Waals surface area contributed by atoms with Crippen molar-refractivity contribution >= 4 is 29.1 Å². The van der Waals surface area contributed by atoms with Crippen molar-refractivity contribution in [2.24, 2.45) is 5.92 Å². The van der Waals surface area contributed by atoms with E-state index in [-0.39, 0.29) is 30.2 Å². The molecule has 0 aliphatic carbocycles. The molecule has 0 spiro atoms. The van der Waals surface area contributed by atoms with Crippen molar-refractivity contribution in [2.45, 2.75) is 46.1 Å². The number of nitrogens with one attached hydrogen (secondary N) is 1. The van der Waals surface area contributed by atoms with Crippen LogP contribution < -0.4 is 10.2 Å². The molecule has 0 bridgehead atoms. The van der Waals surface area contributed by atoms with Gasteiger partial charge in [0, 0.05) is 29.7 Å². The van der Waals surface area contributed by atoms with E-state index < -0.39 is 0 Å². The number of rotatable bonds is 5. The molecule has 1 saturated heterocycles. The van der Waals surface area contributed by atoms with Gasteiger partial charge in [-0.05, 0) is 38.0 Å². The maximum Gasteiger partial charge on any atom is 0.227 e. The largest absolute Gasteiger partial charge is 0.353 e. The zero-order valence-electron chi connectivity index (χ0n) is 13.4. The number of amides is 2. The Morgan fingerprint density at radius 3 is 2.86 bits per heavy atom. The van der Waals surface area contributed by atoms with Gasteiger partial charge in [0.1, 0.15) is 0 Å². The van der Waals surface area contributed by atoms with E-state index in [1.54, 1.807) is 11.0 Å². The first-order chi connectivity index (χ1) is 10.4. The molecule has 1 N–H and O–H groups in total. The number of aryl methyl sites for hydroxylation is 1. The van der Waals surface area contributed by atoms with Crippen LogP contribution in [0.3, 0.4) is 0 Å². The van der Waals surface area contributed by atoms with Gasteiger partial charge in [-0.25, -0.2) is 0 Å². The van der Waals surface area contributed by atoms with Crippen molar-refractivity contribution in [3.8, 4) is 0 Å². The first-order valence-electron chi connectivity index (χ1n) is 7.79. The smallest absolute Gasteiger partial charge is 0.227 e. The van der Waals surface area contributed by atoms with Crippen molar-refractivity contribution in [3.05, 3.63) is 28.8 Å². The number of halogens is 1. The highest BCUT2D eigenvalue weighted by atomic mass is 35.5. The average molecular weight is 323 g/mol. The van der Waals surface area contributed by atoms with Crippen LogP contribution in [0.5, 0.6) is 0 Å². The summed E-state index contributed by atoms with van der Waals surface area (Å²) in [5.74, 6) is -0.342. The van der Waals surface area contributed by atoms with Gasteiger partial charge in [-0.3, -0.25) is 9.59 Å². The third-order valence-electron chi connectivity index (χ3n) is 4.07. The maximum atomic E-state index is 12.3. The van der Waals surface area contributed by atoms with E-state index in [1.165, 1.54) is 0 Å². The van der Waals surface area contributed by atoms with Gasteiger partial charge in [-0.15, -0.1) is 0 Å². The molecule has 0 saturated carbocycles. The van der Waals surface area contributed by atoms with E-state index in [4.69, 9.17) is 11.6 Å². The molecule has 120 valence electrons. The van der Waals surface area contributed by atoms with Crippen LogP contribution in [0.15, 0.2) is 18.2 Å². The molecule has 2 atom stereocenters. The second-order valence-corrected chi connectivity index (χ2v) is 6.44. The Balaban J connectivity index is 2.04. The first-order valence-corrected chi connectivity index (χ1v) is 8.17. The Bertz CT molecular complexity index is 574. The molecule has 2 amide bonds. The summed E-state index contributed by atoms with van der Waals surface area (Å²) in [5.41, 5.74) is 1.73. The van der Waals surface area contributed by atoms with Gasteiger partial charge in [0.05, 0.1) is 5.92 Å². The average Bonchev–Trinajstić information content (AvgIpc) is 2.84. The molecule has 1 aromatic carbocycles. The number of benzene rings is 1. The standard InChI is InChI=1S/C17H23ClN2O2/c1-4-5-12(3)19-17(22)13-8-16(21)20(10-13)14-7-6-11(2)15(18)9-14/h6-7,9,12-13H,4-5,8,10H2,1-3H3,(H,19,22)/t12-,13-/m0/s1. The summed E-state index contributed by atoms with van der Waals surface area (Å²) >= 11 is 6.13. The van der Waals surface area contributed by atoms with E-state index in [2.05, 4.69) is 12.2 Å². The van der Waals surface area contributed by atoms with Gasteiger partial charge in [-0.2, -0.15) is 0 Å². The minimum Gasteiger partial charge on any atom is -0.353 e. The lowest BCUT2D eigenvalue weighted by Crippen LogP contribution is -2.38. The molecule has 4 nitrogen and oxygen atoms in total. The number of hydrogen-bond donors (Lipinski definition) is 1. The summed E-state index contributed by atoms with van der Waals surface area (Å²) in [6.07, 6.45) is 2.24. The van der Waals surface area contributed by atoms with Crippen molar-refractivity contribution in [1.82, 2.24) is 5.32 Å². The number of hydrogen-bond acceptors (Lipinski definition) is 2. The molecule has 1 heterocycles. The lowest BCUT2D eigenvalue weighted by molar-refractivity contribution is -0.126. The zero-order valence-corrected chi connectivity index (χ0v) is 14.1. The summed E-state index contributed by atoms with van der Waals surface area (Å²) in [7, 11) is 0. The lowest BCUT2D eigenvalue weighted by Gasteiger charge is -2.19. The van der Waals surface area contributed by atoms with Crippen molar-refractivity contribution in [2.75, 3.05) is 11.4 Å². The first kappa shape index (κ1) is 16.8. The Morgan fingerprint density at radius 2 is 2.23 bits per heavy atom. The predicted octanol–water partition coefficient (Wildman–Crippen LogP) is 3.31. The van der Waals surface area contributed by atoms with Gasteiger partial charge >= 0.3 is 0 Å². The summed E-state index contributed by atoms with van der Waals surface area (Å²) in [4.78, 5) is 26.1. The van der Waals surface area contributed by atoms with E-state index in [1.807, 2.05) is 26.0 Å². The van der Waals surface area contributed by atoms with E-state index in [0.717, 1.165) is 24.1 Å². The van der Waals surface area contributed by atoms with Gasteiger partial charge in [-0.1, -0.05) is 31.0 Å². The topological polar surface area (TPSA) is 49.4 Å². The van der Waals surface area contributed by atoms with Crippen LogP contribution in [0.2, 0.25) is 5.02 Å². The Kier molecular flexibility index (Phi) is 5.46. The van der Waals surface area contributed by atoms with Crippen molar-refractivity contribution in [1.29, 1.82) is 0 Å². The van der Waals surface area contributed by atoms with Crippen LogP contribution in [-0.2, 0) is 9.59 Å². The maximum absolute atomic E-state index is 12.3. The normalized spacial score (nSPS) is 19.4. The van der Waals surface area contributed by atoms with Crippen LogP contribution in [0.25, 0.3) is 0 Å². The van der Waals surface area contributed by atoms with Crippen LogP contribution in [-0.4, -0.2) is 24.4 Å². The molecule has 2 rings (SSSR count). The number of carbonyl (C=O) groups excluding carboxylic acids is 2. The fourth-order valence-corrected chi connectivity index (χ4v) is 2.92. The van der Waals surface area contributed by atoms with Crippen LogP contribution in [0, 0.1) is 12.8 Å². The highest BCUT2D eigenvalue weighted by Crippen LogP contribution is 2.28. The van der Waals surface area contributed by atoms with Gasteiger partial charge in [0.15, 0.2) is 0 Å². The minimum atomic E-state index is -0.285. The fourth-order valence-electron chi connectivity index (χ4n) is 2.75. The minimum absolute atomic E-state index is 0.0248. The fraction of sp³-hybridized carbons (Fsp3) is 0.529. The molecular weight excluding hydrogens is 300 g/mol. The Labute approximate surface area is 136 Å². The van der Waals surface area contributed by atoms with E-state index in [9.17, 15) is 9.59 Å². The quantitative estimate of drug-likeness (QED) is 0.904. The molecule has 1 aliphatic heterocycles. The van der Waals surface area contributed by atoms with Crippen molar-refractivity contribution in [3.63, 3.8) is 0 Å². The summed E-state index contributed by atoms with van der Waals surface area (Å²) in [5, 5.41) is 3.63. The molecule has 5 heteroatoms. The molecule has 22 heavy (non-hydrogen) atoms. The lowest BCUT2D eigenvalue weighted by atomic mass is 10.1. The zero-order chi connectivity index (χ0) is 16.3. The number of anilines is 1. The molecule has 1 fully saturated rings. The Hall–Kier alpha value is -1.55. The summed E-state index contributed by atoms with van der Waals surface area (Å²) in [6, 6.07) is 5.70. The van der Waals surface area contributed by atoms with Crippen LogP contribution in [0.4, 0.5) is 5.69 Å². The molecule has 0 unspecified atom stereocenters. The molecule has 1 aliphatic rings. The van der Waals surface area contributed by atoms with E-state index >= 15 is 0 Å². The highest BCUT2D eigenvalue weighted by molar-refractivity contribution is 6.31. The number of nitrogens with zero attached hydrogens (tertiary/aromatic N) is 1. The van der Waals surface area contributed by atoms with Crippen LogP contribution in [0.1, 0.15) is 38.7 Å². The number of carbonyl (C=O) groups is 2. The third kappa shape index (κ3) is 3.80. The summed E-state index contributed by atoms with van der Waals surface area (Å²) < 4.78 is 0. The summed E-state index contributed by atoms with van der Waals surface area (Å²) in [6.45, 7) is 6.42. The van der Waals surface area contributed by atoms with Gasteiger partial charge < -0.3 is 10.2 Å². The van der Waals surface area contributed by atoms with Crippen LogP contribution >= 0.6 is 11.6 Å². The predicted molar refractivity (Wildman–Crippen MR) is 89.2 cm³/mol. The molecule has 1 aromatic rings. The highest BCUT2D eigenvalue weighted by Gasteiger charge is 2.35. The molecular formula is C17H23ClN2O2. The van der Waals surface area contributed by atoms with Gasteiger partial charge in [0.2, 0.25) is 11.8 Å². The monoisotopic (exact) mass is 322 g/mol. The molecule has 0 aromatic heterocycles. The van der Waals surface area contributed by atoms with Crippen molar-refractivity contribution < 1.29 is 9.59 Å². The second-order valence-electron chi connectivity index (χ2n) is 6.04. The second kappa shape index (κ2) is 7.14. The molecule has 0 radical (unpaired) electrons. The Morgan fingerprint density at radius 1 is 1.50 bits per heavy atom.